The Hall–Kier alpha value is -0.790. The van der Waals surface area contributed by atoms with Gasteiger partial charge in [0.1, 0.15) is 0 Å². The van der Waals surface area contributed by atoms with Gasteiger partial charge >= 0.3 is 0 Å². The number of aromatic nitrogens is 1. The van der Waals surface area contributed by atoms with Gasteiger partial charge in [0, 0.05) is 18.4 Å². The van der Waals surface area contributed by atoms with Gasteiger partial charge in [-0.25, -0.2) is 0 Å². The Kier molecular flexibility index (Phi) is 10.8. The minimum Gasteiger partial charge on any atom is -0.352 e. The summed E-state index contributed by atoms with van der Waals surface area (Å²) in [5.41, 5.74) is 1.39. The van der Waals surface area contributed by atoms with Crippen molar-refractivity contribution in [2.24, 2.45) is 0 Å². The lowest BCUT2D eigenvalue weighted by molar-refractivity contribution is 0.536. The van der Waals surface area contributed by atoms with Crippen molar-refractivity contribution in [3.05, 3.63) is 24.0 Å². The summed E-state index contributed by atoms with van der Waals surface area (Å²) in [5, 5.41) is 0. The average molecular weight is 255 g/mol. The van der Waals surface area contributed by atoms with E-state index in [-0.39, 0.29) is 4.70 Å². The smallest absolute Gasteiger partial charge is 0.0222 e. The van der Waals surface area contributed by atoms with Crippen LogP contribution in [-0.4, -0.2) is 4.57 Å². The summed E-state index contributed by atoms with van der Waals surface area (Å²) < 4.78 is 2.36. The first-order valence-corrected chi connectivity index (χ1v) is 7.46. The van der Waals surface area contributed by atoms with Gasteiger partial charge in [-0.15, -0.1) is 0 Å². The van der Waals surface area contributed by atoms with Gasteiger partial charge < -0.3 is 4.57 Å². The van der Waals surface area contributed by atoms with Crippen LogP contribution >= 0.6 is 0 Å². The van der Waals surface area contributed by atoms with Crippen LogP contribution in [0.1, 0.15) is 70.4 Å². The van der Waals surface area contributed by atoms with Crippen molar-refractivity contribution in [1.82, 2.24) is 4.57 Å². The van der Waals surface area contributed by atoms with Crippen LogP contribution in [0.5, 0.6) is 0 Å². The molecule has 0 amide bonds. The van der Waals surface area contributed by atoms with Crippen molar-refractivity contribution in [2.75, 3.05) is 0 Å². The largest absolute Gasteiger partial charge is 0.352 e. The highest BCUT2D eigenvalue weighted by Gasteiger charge is 1.95. The molecule has 1 heterocycles. The van der Waals surface area contributed by atoms with Crippen LogP contribution < -0.4 is 0 Å². The second-order valence-corrected chi connectivity index (χ2v) is 5.17. The molecule has 0 fully saturated rings. The first-order chi connectivity index (χ1) is 8.34. The second-order valence-electron chi connectivity index (χ2n) is 5.17. The zero-order valence-corrected chi connectivity index (χ0v) is 12.2. The maximum atomic E-state index is 2.36. The van der Waals surface area contributed by atoms with E-state index in [1.165, 1.54) is 70.0 Å². The van der Waals surface area contributed by atoms with Crippen LogP contribution in [0.25, 0.3) is 0 Å². The van der Waals surface area contributed by atoms with E-state index in [4.69, 9.17) is 0 Å². The fourth-order valence-electron chi connectivity index (χ4n) is 2.34. The molecule has 0 bridgehead atoms. The highest BCUT2D eigenvalue weighted by molar-refractivity contribution is 5.03. The van der Waals surface area contributed by atoms with E-state index in [1.807, 2.05) is 0 Å². The Morgan fingerprint density at radius 2 is 1.44 bits per heavy atom. The lowest BCUT2D eigenvalue weighted by Gasteiger charge is -2.06. The maximum Gasteiger partial charge on any atom is 0.0222 e. The summed E-state index contributed by atoms with van der Waals surface area (Å²) in [4.78, 5) is 0. The summed E-state index contributed by atoms with van der Waals surface area (Å²) in [6.45, 7) is 5.67. The third-order valence-electron chi connectivity index (χ3n) is 3.56. The van der Waals surface area contributed by atoms with Gasteiger partial charge in [0.15, 0.2) is 0 Å². The normalized spacial score (nSPS) is 10.3. The zero-order valence-electron chi connectivity index (χ0n) is 12.2. The summed E-state index contributed by atoms with van der Waals surface area (Å²) >= 11 is 0. The summed E-state index contributed by atoms with van der Waals surface area (Å²) in [6, 6.07) is 4.33. The number of hydrogen-bond acceptors (Lipinski definition) is 0. The van der Waals surface area contributed by atoms with Gasteiger partial charge in [-0.1, -0.05) is 58.3 Å². The number of halogens is 1. The molecule has 2 heteroatoms. The molecule has 0 aliphatic rings. The van der Waals surface area contributed by atoms with Gasteiger partial charge in [-0.2, -0.15) is 0 Å². The molecule has 1 aromatic heterocycles. The average Bonchev–Trinajstić information content (AvgIpc) is 2.73. The fourth-order valence-corrected chi connectivity index (χ4v) is 2.34. The lowest BCUT2D eigenvalue weighted by Crippen LogP contribution is -1.97. The van der Waals surface area contributed by atoms with Gasteiger partial charge in [0.25, 0.3) is 0 Å². The Bertz CT molecular complexity index is 280. The van der Waals surface area contributed by atoms with Crippen molar-refractivity contribution in [2.45, 2.75) is 78.2 Å². The van der Waals surface area contributed by atoms with Gasteiger partial charge in [-0.3, -0.25) is 4.70 Å². The molecular weight excluding hydrogens is 225 g/mol. The molecule has 106 valence electrons. The van der Waals surface area contributed by atoms with Crippen LogP contribution in [0, 0.1) is 6.92 Å². The number of aryl methyl sites for hydroxylation is 2. The van der Waals surface area contributed by atoms with E-state index in [1.54, 1.807) is 0 Å². The van der Waals surface area contributed by atoms with Crippen LogP contribution in [0.3, 0.4) is 0 Å². The predicted molar refractivity (Wildman–Crippen MR) is 78.9 cm³/mol. The van der Waals surface area contributed by atoms with Crippen LogP contribution in [0.2, 0.25) is 0 Å². The van der Waals surface area contributed by atoms with E-state index < -0.39 is 0 Å². The molecule has 0 aromatic carbocycles. The van der Waals surface area contributed by atoms with Crippen LogP contribution in [0.15, 0.2) is 18.3 Å². The third-order valence-corrected chi connectivity index (χ3v) is 3.56. The van der Waals surface area contributed by atoms with Crippen molar-refractivity contribution in [1.29, 1.82) is 0 Å². The quantitative estimate of drug-likeness (QED) is 0.488. The number of hydrogen-bond donors (Lipinski definition) is 0. The first kappa shape index (κ1) is 17.2. The standard InChI is InChI=1S/C16H29N.FH/c1-3-4-5-6-7-8-9-10-11-14-17-15-12-13-16(17)2;/h12-13,15H,3-11,14H2,1-2H3;1H. The minimum absolute atomic E-state index is 0. The van der Waals surface area contributed by atoms with E-state index in [0.717, 1.165) is 0 Å². The van der Waals surface area contributed by atoms with Crippen molar-refractivity contribution in [3.8, 4) is 0 Å². The molecule has 18 heavy (non-hydrogen) atoms. The van der Waals surface area contributed by atoms with Gasteiger partial charge in [0.05, 0.1) is 0 Å². The van der Waals surface area contributed by atoms with Crippen molar-refractivity contribution >= 4 is 0 Å². The predicted octanol–water partition coefficient (Wildman–Crippen LogP) is 5.48. The molecule has 0 N–H and O–H groups in total. The summed E-state index contributed by atoms with van der Waals surface area (Å²) in [6.07, 6.45) is 14.9. The van der Waals surface area contributed by atoms with E-state index >= 15 is 0 Å². The third kappa shape index (κ3) is 7.52. The Balaban J connectivity index is 0.00000289. The number of nitrogens with zero attached hydrogens (tertiary/aromatic N) is 1. The monoisotopic (exact) mass is 255 g/mol. The summed E-state index contributed by atoms with van der Waals surface area (Å²) in [5.74, 6) is 0. The van der Waals surface area contributed by atoms with Crippen LogP contribution in [0.4, 0.5) is 4.70 Å². The fraction of sp³-hybridized carbons (Fsp3) is 0.750. The van der Waals surface area contributed by atoms with Crippen molar-refractivity contribution in [3.63, 3.8) is 0 Å². The maximum absolute atomic E-state index is 2.36. The Morgan fingerprint density at radius 1 is 0.889 bits per heavy atom. The molecule has 0 aliphatic carbocycles. The van der Waals surface area contributed by atoms with Crippen LogP contribution in [-0.2, 0) is 6.54 Å². The van der Waals surface area contributed by atoms with Gasteiger partial charge in [0.2, 0.25) is 0 Å². The molecular formula is C16H30FN. The number of unbranched alkanes of at least 4 members (excludes halogenated alkanes) is 8. The number of rotatable bonds is 10. The van der Waals surface area contributed by atoms with Crippen molar-refractivity contribution < 1.29 is 4.70 Å². The molecule has 1 rings (SSSR count). The topological polar surface area (TPSA) is 4.93 Å². The highest BCUT2D eigenvalue weighted by atomic mass is 19.0. The van der Waals surface area contributed by atoms with E-state index in [9.17, 15) is 0 Å². The van der Waals surface area contributed by atoms with E-state index in [2.05, 4.69) is 36.7 Å². The molecule has 0 radical (unpaired) electrons. The zero-order chi connectivity index (χ0) is 12.3. The molecule has 0 aliphatic heterocycles. The second kappa shape index (κ2) is 11.3. The minimum atomic E-state index is 0. The molecule has 0 unspecified atom stereocenters. The molecule has 0 atom stereocenters. The van der Waals surface area contributed by atoms with Gasteiger partial charge in [-0.05, 0) is 25.5 Å². The Labute approximate surface area is 112 Å². The lowest BCUT2D eigenvalue weighted by atomic mass is 10.1. The molecule has 1 nitrogen and oxygen atoms in total. The molecule has 1 aromatic rings. The molecule has 0 saturated carbocycles. The Morgan fingerprint density at radius 3 is 1.94 bits per heavy atom. The molecule has 0 saturated heterocycles. The first-order valence-electron chi connectivity index (χ1n) is 7.46. The summed E-state index contributed by atoms with van der Waals surface area (Å²) in [7, 11) is 0. The SMILES string of the molecule is CCCCCCCCCCCn1cccc1C.F. The highest BCUT2D eigenvalue weighted by Crippen LogP contribution is 2.10. The van der Waals surface area contributed by atoms with E-state index in [0.29, 0.717) is 0 Å². The molecule has 0 spiro atoms.